The Balaban J connectivity index is 2.31. The van der Waals surface area contributed by atoms with Crippen LogP contribution in [-0.4, -0.2) is 10.7 Å². The van der Waals surface area contributed by atoms with E-state index in [1.165, 1.54) is 29.5 Å². The summed E-state index contributed by atoms with van der Waals surface area (Å²) < 4.78 is 0. The lowest BCUT2D eigenvalue weighted by Gasteiger charge is -2.45. The second kappa shape index (κ2) is 5.89. The molecule has 20 heavy (non-hydrogen) atoms. The van der Waals surface area contributed by atoms with Gasteiger partial charge in [-0.2, -0.15) is 0 Å². The maximum Gasteiger partial charge on any atom is 0.0721 e. The molecule has 0 aliphatic heterocycles. The number of hydrogen-bond acceptors (Lipinski definition) is 1. The van der Waals surface area contributed by atoms with E-state index >= 15 is 0 Å². The Morgan fingerprint density at radius 1 is 1.20 bits per heavy atom. The summed E-state index contributed by atoms with van der Waals surface area (Å²) >= 11 is 0. The highest BCUT2D eigenvalue weighted by Gasteiger charge is 2.42. The summed E-state index contributed by atoms with van der Waals surface area (Å²) in [5.74, 6) is 1.62. The zero-order valence-electron chi connectivity index (χ0n) is 13.7. The molecule has 0 bridgehead atoms. The van der Waals surface area contributed by atoms with Gasteiger partial charge in [0.2, 0.25) is 0 Å². The highest BCUT2D eigenvalue weighted by Crippen LogP contribution is 2.43. The molecule has 1 N–H and O–H groups in total. The standard InChI is InChI=1S/C19H30O/c1-13(2)18-10-9-14(3)11-19(18,20)12-17-15(4)7-6-8-16(17)5/h6-8,13-14,18,20H,9-12H2,1-5H3. The van der Waals surface area contributed by atoms with E-state index in [-0.39, 0.29) is 0 Å². The van der Waals surface area contributed by atoms with E-state index in [9.17, 15) is 5.11 Å². The fourth-order valence-corrected chi connectivity index (χ4v) is 4.18. The van der Waals surface area contributed by atoms with Crippen molar-refractivity contribution in [2.24, 2.45) is 17.8 Å². The molecule has 0 heterocycles. The van der Waals surface area contributed by atoms with Crippen molar-refractivity contribution < 1.29 is 5.11 Å². The van der Waals surface area contributed by atoms with Crippen molar-refractivity contribution in [3.63, 3.8) is 0 Å². The fourth-order valence-electron chi connectivity index (χ4n) is 4.18. The molecule has 0 radical (unpaired) electrons. The van der Waals surface area contributed by atoms with Crippen LogP contribution in [0.3, 0.4) is 0 Å². The topological polar surface area (TPSA) is 20.2 Å². The van der Waals surface area contributed by atoms with Crippen molar-refractivity contribution >= 4 is 0 Å². The van der Waals surface area contributed by atoms with E-state index in [2.05, 4.69) is 52.8 Å². The first-order valence-electron chi connectivity index (χ1n) is 8.11. The lowest BCUT2D eigenvalue weighted by Crippen LogP contribution is -2.47. The first kappa shape index (κ1) is 15.6. The van der Waals surface area contributed by atoms with Crippen LogP contribution in [0.2, 0.25) is 0 Å². The van der Waals surface area contributed by atoms with Crippen molar-refractivity contribution in [1.29, 1.82) is 0 Å². The molecular weight excluding hydrogens is 244 g/mol. The number of hydrogen-bond donors (Lipinski definition) is 1. The van der Waals surface area contributed by atoms with Gasteiger partial charge in [0.25, 0.3) is 0 Å². The quantitative estimate of drug-likeness (QED) is 0.849. The molecule has 1 fully saturated rings. The van der Waals surface area contributed by atoms with Gasteiger partial charge in [-0.05, 0) is 61.1 Å². The maximum absolute atomic E-state index is 11.4. The van der Waals surface area contributed by atoms with Gasteiger partial charge >= 0.3 is 0 Å². The van der Waals surface area contributed by atoms with Crippen LogP contribution in [0.25, 0.3) is 0 Å². The van der Waals surface area contributed by atoms with Crippen LogP contribution in [0.4, 0.5) is 0 Å². The molecule has 1 aromatic carbocycles. The van der Waals surface area contributed by atoms with Crippen LogP contribution in [0.15, 0.2) is 18.2 Å². The van der Waals surface area contributed by atoms with Crippen LogP contribution < -0.4 is 0 Å². The summed E-state index contributed by atoms with van der Waals surface area (Å²) in [6.07, 6.45) is 4.19. The molecule has 0 spiro atoms. The third kappa shape index (κ3) is 3.09. The summed E-state index contributed by atoms with van der Waals surface area (Å²) in [5.41, 5.74) is 3.47. The molecule has 0 amide bonds. The maximum atomic E-state index is 11.4. The van der Waals surface area contributed by atoms with Crippen molar-refractivity contribution in [3.8, 4) is 0 Å². The summed E-state index contributed by atoms with van der Waals surface area (Å²) in [4.78, 5) is 0. The Kier molecular flexibility index (Phi) is 4.59. The summed E-state index contributed by atoms with van der Waals surface area (Å²) in [7, 11) is 0. The highest BCUT2D eigenvalue weighted by atomic mass is 16.3. The average Bonchev–Trinajstić information content (AvgIpc) is 2.33. The Morgan fingerprint density at radius 3 is 2.35 bits per heavy atom. The number of aryl methyl sites for hydroxylation is 2. The van der Waals surface area contributed by atoms with Gasteiger partial charge in [-0.1, -0.05) is 45.4 Å². The molecule has 1 aliphatic rings. The van der Waals surface area contributed by atoms with Crippen LogP contribution in [0.5, 0.6) is 0 Å². The Morgan fingerprint density at radius 2 is 1.80 bits per heavy atom. The monoisotopic (exact) mass is 274 g/mol. The van der Waals surface area contributed by atoms with Crippen molar-refractivity contribution in [2.45, 2.75) is 65.9 Å². The van der Waals surface area contributed by atoms with Crippen LogP contribution >= 0.6 is 0 Å². The molecule has 1 aliphatic carbocycles. The Bertz CT molecular complexity index is 443. The SMILES string of the molecule is Cc1cccc(C)c1CC1(O)CC(C)CCC1C(C)C. The van der Waals surface area contributed by atoms with Gasteiger partial charge in [0, 0.05) is 6.42 Å². The zero-order chi connectivity index (χ0) is 14.9. The van der Waals surface area contributed by atoms with Gasteiger partial charge < -0.3 is 5.11 Å². The minimum atomic E-state index is -0.525. The summed E-state index contributed by atoms with van der Waals surface area (Å²) in [5, 5.41) is 11.4. The molecule has 0 saturated heterocycles. The lowest BCUT2D eigenvalue weighted by atomic mass is 9.64. The highest BCUT2D eigenvalue weighted by molar-refractivity contribution is 5.35. The van der Waals surface area contributed by atoms with E-state index in [1.54, 1.807) is 0 Å². The molecular formula is C19H30O. The largest absolute Gasteiger partial charge is 0.389 e. The van der Waals surface area contributed by atoms with E-state index in [1.807, 2.05) is 0 Å². The molecule has 3 unspecified atom stereocenters. The van der Waals surface area contributed by atoms with Crippen LogP contribution in [0.1, 0.15) is 56.7 Å². The van der Waals surface area contributed by atoms with Gasteiger partial charge in [-0.25, -0.2) is 0 Å². The zero-order valence-corrected chi connectivity index (χ0v) is 13.7. The molecule has 1 nitrogen and oxygen atoms in total. The number of rotatable bonds is 3. The minimum Gasteiger partial charge on any atom is -0.389 e. The predicted octanol–water partition coefficient (Wildman–Crippen LogP) is 4.67. The fraction of sp³-hybridized carbons (Fsp3) is 0.684. The average molecular weight is 274 g/mol. The van der Waals surface area contributed by atoms with Crippen LogP contribution in [-0.2, 0) is 6.42 Å². The van der Waals surface area contributed by atoms with Gasteiger partial charge in [0.15, 0.2) is 0 Å². The summed E-state index contributed by atoms with van der Waals surface area (Å²) in [6.45, 7) is 11.1. The van der Waals surface area contributed by atoms with Gasteiger partial charge in [-0.15, -0.1) is 0 Å². The minimum absolute atomic E-state index is 0.428. The van der Waals surface area contributed by atoms with E-state index < -0.39 is 5.60 Å². The Hall–Kier alpha value is -0.820. The van der Waals surface area contributed by atoms with Gasteiger partial charge in [-0.3, -0.25) is 0 Å². The summed E-state index contributed by atoms with van der Waals surface area (Å²) in [6, 6.07) is 6.45. The predicted molar refractivity (Wildman–Crippen MR) is 85.9 cm³/mol. The van der Waals surface area contributed by atoms with Crippen LogP contribution in [0, 0.1) is 31.6 Å². The number of benzene rings is 1. The first-order valence-corrected chi connectivity index (χ1v) is 8.11. The smallest absolute Gasteiger partial charge is 0.0721 e. The molecule has 1 saturated carbocycles. The normalized spacial score (nSPS) is 30.8. The molecule has 3 atom stereocenters. The van der Waals surface area contributed by atoms with E-state index in [4.69, 9.17) is 0 Å². The second-order valence-electron chi connectivity index (χ2n) is 7.39. The Labute approximate surface area is 124 Å². The van der Waals surface area contributed by atoms with Crippen molar-refractivity contribution in [3.05, 3.63) is 34.9 Å². The lowest BCUT2D eigenvalue weighted by molar-refractivity contribution is -0.0796. The molecule has 1 heteroatoms. The van der Waals surface area contributed by atoms with E-state index in [0.29, 0.717) is 17.8 Å². The third-order valence-electron chi connectivity index (χ3n) is 5.29. The van der Waals surface area contributed by atoms with Gasteiger partial charge in [0.05, 0.1) is 5.60 Å². The molecule has 2 rings (SSSR count). The van der Waals surface area contributed by atoms with Gasteiger partial charge in [0.1, 0.15) is 0 Å². The molecule has 112 valence electrons. The first-order chi connectivity index (χ1) is 9.33. The molecule has 0 aromatic heterocycles. The second-order valence-corrected chi connectivity index (χ2v) is 7.39. The molecule has 1 aromatic rings. The number of aliphatic hydroxyl groups is 1. The van der Waals surface area contributed by atoms with E-state index in [0.717, 1.165) is 12.8 Å². The van der Waals surface area contributed by atoms with Crippen molar-refractivity contribution in [1.82, 2.24) is 0 Å². The van der Waals surface area contributed by atoms with Crippen molar-refractivity contribution in [2.75, 3.05) is 0 Å². The third-order valence-corrected chi connectivity index (χ3v) is 5.29.